The Morgan fingerprint density at radius 3 is 2.43 bits per heavy atom. The minimum Gasteiger partial charge on any atom is -0.491 e. The van der Waals surface area contributed by atoms with Gasteiger partial charge in [0.1, 0.15) is 18.9 Å². The minimum absolute atomic E-state index is 0.0677. The summed E-state index contributed by atoms with van der Waals surface area (Å²) in [5.41, 5.74) is 1.27. The van der Waals surface area contributed by atoms with Gasteiger partial charge in [0.2, 0.25) is 15.9 Å². The van der Waals surface area contributed by atoms with Crippen molar-refractivity contribution in [2.45, 2.75) is 19.9 Å². The van der Waals surface area contributed by atoms with Crippen molar-refractivity contribution in [3.63, 3.8) is 0 Å². The van der Waals surface area contributed by atoms with E-state index in [0.717, 1.165) is 16.1 Å². The molecule has 0 aromatic heterocycles. The number of halogens is 2. The lowest BCUT2D eigenvalue weighted by molar-refractivity contribution is -0.120. The highest BCUT2D eigenvalue weighted by molar-refractivity contribution is 7.92. The molecule has 2 aromatic carbocycles. The Labute approximate surface area is 175 Å². The molecule has 2 aromatic rings. The summed E-state index contributed by atoms with van der Waals surface area (Å²) in [6.45, 7) is 3.56. The normalized spacial score (nSPS) is 12.3. The zero-order valence-electron chi connectivity index (χ0n) is 15.8. The third-order valence-electron chi connectivity index (χ3n) is 3.82. The first-order chi connectivity index (χ1) is 13.1. The molecule has 1 N–H and O–H groups in total. The fraction of sp³-hybridized carbons (Fsp3) is 0.316. The number of aryl methyl sites for hydroxylation is 1. The second-order valence-corrected chi connectivity index (χ2v) is 9.13. The van der Waals surface area contributed by atoms with Crippen LogP contribution in [0.5, 0.6) is 5.75 Å². The number of hydrogen-bond donors (Lipinski definition) is 1. The second kappa shape index (κ2) is 9.49. The van der Waals surface area contributed by atoms with E-state index >= 15 is 0 Å². The largest absolute Gasteiger partial charge is 0.491 e. The Bertz CT molecular complexity index is 933. The molecular weight excluding hydrogens is 423 g/mol. The van der Waals surface area contributed by atoms with Crippen LogP contribution in [0.2, 0.25) is 10.0 Å². The number of carbonyl (C=O) groups is 1. The predicted octanol–water partition coefficient (Wildman–Crippen LogP) is 3.65. The Hall–Kier alpha value is -1.96. The molecule has 6 nitrogen and oxygen atoms in total. The van der Waals surface area contributed by atoms with Crippen LogP contribution in [-0.4, -0.2) is 39.8 Å². The van der Waals surface area contributed by atoms with Gasteiger partial charge in [-0.3, -0.25) is 9.10 Å². The summed E-state index contributed by atoms with van der Waals surface area (Å²) in [5.74, 6) is 0.205. The monoisotopic (exact) mass is 444 g/mol. The van der Waals surface area contributed by atoms with Crippen molar-refractivity contribution in [1.29, 1.82) is 0 Å². The maximum Gasteiger partial charge on any atom is 0.241 e. The van der Waals surface area contributed by atoms with E-state index in [9.17, 15) is 13.2 Å². The molecule has 0 aliphatic carbocycles. The summed E-state index contributed by atoms with van der Waals surface area (Å²) in [5, 5.41) is 2.99. The van der Waals surface area contributed by atoms with E-state index in [2.05, 4.69) is 5.32 Å². The van der Waals surface area contributed by atoms with Crippen molar-refractivity contribution in [3.8, 4) is 5.75 Å². The average Bonchev–Trinajstić information content (AvgIpc) is 2.61. The van der Waals surface area contributed by atoms with Crippen LogP contribution < -0.4 is 14.4 Å². The zero-order valence-corrected chi connectivity index (χ0v) is 18.1. The lowest BCUT2D eigenvalue weighted by Crippen LogP contribution is -2.45. The Morgan fingerprint density at radius 2 is 1.82 bits per heavy atom. The van der Waals surface area contributed by atoms with Crippen LogP contribution in [0.3, 0.4) is 0 Å². The molecule has 0 bridgehead atoms. The SMILES string of the molecule is Cc1ccc(OC[C@H](C)NC(=O)CN(c2cccc(Cl)c2Cl)S(C)(=O)=O)cc1. The summed E-state index contributed by atoms with van der Waals surface area (Å²) in [6, 6.07) is 11.8. The van der Waals surface area contributed by atoms with Crippen LogP contribution in [0, 0.1) is 6.92 Å². The molecule has 1 amide bonds. The Balaban J connectivity index is 2.01. The summed E-state index contributed by atoms with van der Waals surface area (Å²) < 4.78 is 30.9. The number of nitrogens with zero attached hydrogens (tertiary/aromatic N) is 1. The highest BCUT2D eigenvalue weighted by atomic mass is 35.5. The lowest BCUT2D eigenvalue weighted by Gasteiger charge is -2.24. The molecule has 0 heterocycles. The van der Waals surface area contributed by atoms with Gasteiger partial charge in [-0.15, -0.1) is 0 Å². The van der Waals surface area contributed by atoms with E-state index in [4.69, 9.17) is 27.9 Å². The third kappa shape index (κ3) is 6.29. The molecule has 0 unspecified atom stereocenters. The number of carbonyl (C=O) groups excluding carboxylic acids is 1. The van der Waals surface area contributed by atoms with E-state index in [1.165, 1.54) is 6.07 Å². The van der Waals surface area contributed by atoms with Crippen molar-refractivity contribution < 1.29 is 17.9 Å². The number of nitrogens with one attached hydrogen (secondary N) is 1. The van der Waals surface area contributed by atoms with Crippen LogP contribution in [0.25, 0.3) is 0 Å². The van der Waals surface area contributed by atoms with Crippen LogP contribution in [0.4, 0.5) is 5.69 Å². The van der Waals surface area contributed by atoms with Crippen LogP contribution in [0.15, 0.2) is 42.5 Å². The van der Waals surface area contributed by atoms with Crippen molar-refractivity contribution >= 4 is 44.8 Å². The number of rotatable bonds is 8. The Morgan fingerprint density at radius 1 is 1.18 bits per heavy atom. The minimum atomic E-state index is -3.75. The van der Waals surface area contributed by atoms with Gasteiger partial charge in [0.05, 0.1) is 28.0 Å². The van der Waals surface area contributed by atoms with Gasteiger partial charge in [0, 0.05) is 0 Å². The smallest absolute Gasteiger partial charge is 0.241 e. The maximum absolute atomic E-state index is 12.4. The van der Waals surface area contributed by atoms with Crippen molar-refractivity contribution in [2.75, 3.05) is 23.7 Å². The predicted molar refractivity (Wildman–Crippen MR) is 113 cm³/mol. The van der Waals surface area contributed by atoms with Gasteiger partial charge in [-0.1, -0.05) is 47.0 Å². The van der Waals surface area contributed by atoms with Crippen LogP contribution in [0.1, 0.15) is 12.5 Å². The molecule has 0 spiro atoms. The van der Waals surface area contributed by atoms with Gasteiger partial charge in [-0.25, -0.2) is 8.42 Å². The van der Waals surface area contributed by atoms with E-state index in [1.807, 2.05) is 31.2 Å². The molecule has 1 atom stereocenters. The number of amides is 1. The summed E-state index contributed by atoms with van der Waals surface area (Å²) in [6.07, 6.45) is 1.00. The average molecular weight is 445 g/mol. The van der Waals surface area contributed by atoms with E-state index in [0.29, 0.717) is 5.75 Å². The molecule has 0 aliphatic rings. The molecule has 0 radical (unpaired) electrons. The van der Waals surface area contributed by atoms with E-state index in [-0.39, 0.29) is 28.4 Å². The number of benzene rings is 2. The van der Waals surface area contributed by atoms with E-state index in [1.54, 1.807) is 19.1 Å². The van der Waals surface area contributed by atoms with Crippen LogP contribution >= 0.6 is 23.2 Å². The van der Waals surface area contributed by atoms with Gasteiger partial charge in [0.25, 0.3) is 0 Å². The molecule has 9 heteroatoms. The molecule has 28 heavy (non-hydrogen) atoms. The summed E-state index contributed by atoms with van der Waals surface area (Å²) >= 11 is 12.1. The number of anilines is 1. The maximum atomic E-state index is 12.4. The number of hydrogen-bond acceptors (Lipinski definition) is 4. The molecule has 152 valence electrons. The molecular formula is C19H22Cl2N2O4S. The number of sulfonamides is 1. The third-order valence-corrected chi connectivity index (χ3v) is 5.75. The standard InChI is InChI=1S/C19H22Cl2N2O4S/c1-13-7-9-15(10-8-13)27-12-14(2)22-18(24)11-23(28(3,25)26)17-6-4-5-16(20)19(17)21/h4-10,14H,11-12H2,1-3H3,(H,22,24)/t14-/m0/s1. The first-order valence-corrected chi connectivity index (χ1v) is 11.1. The van der Waals surface area contributed by atoms with Crippen molar-refractivity contribution in [1.82, 2.24) is 5.32 Å². The van der Waals surface area contributed by atoms with E-state index < -0.39 is 22.5 Å². The lowest BCUT2D eigenvalue weighted by atomic mass is 10.2. The van der Waals surface area contributed by atoms with Gasteiger partial charge < -0.3 is 10.1 Å². The van der Waals surface area contributed by atoms with Gasteiger partial charge in [-0.2, -0.15) is 0 Å². The topological polar surface area (TPSA) is 75.7 Å². The summed E-state index contributed by atoms with van der Waals surface area (Å²) in [4.78, 5) is 12.4. The second-order valence-electron chi connectivity index (χ2n) is 6.44. The first-order valence-electron chi connectivity index (χ1n) is 8.48. The van der Waals surface area contributed by atoms with Crippen LogP contribution in [-0.2, 0) is 14.8 Å². The summed E-state index contributed by atoms with van der Waals surface area (Å²) in [7, 11) is -3.75. The zero-order chi connectivity index (χ0) is 20.9. The van der Waals surface area contributed by atoms with Crippen molar-refractivity contribution in [3.05, 3.63) is 58.1 Å². The molecule has 0 fully saturated rings. The highest BCUT2D eigenvalue weighted by Crippen LogP contribution is 2.33. The van der Waals surface area contributed by atoms with Gasteiger partial charge in [-0.05, 0) is 38.1 Å². The molecule has 0 saturated heterocycles. The first kappa shape index (κ1) is 22.3. The molecule has 0 aliphatic heterocycles. The Kier molecular flexibility index (Phi) is 7.57. The van der Waals surface area contributed by atoms with Gasteiger partial charge in [0.15, 0.2) is 0 Å². The van der Waals surface area contributed by atoms with Crippen molar-refractivity contribution in [2.24, 2.45) is 0 Å². The quantitative estimate of drug-likeness (QED) is 0.673. The highest BCUT2D eigenvalue weighted by Gasteiger charge is 2.24. The molecule has 0 saturated carbocycles. The fourth-order valence-corrected chi connectivity index (χ4v) is 3.72. The number of ether oxygens (including phenoxy) is 1. The fourth-order valence-electron chi connectivity index (χ4n) is 2.41. The molecule has 2 rings (SSSR count). The van der Waals surface area contributed by atoms with Gasteiger partial charge >= 0.3 is 0 Å².